The first kappa shape index (κ1) is 34.9. The van der Waals surface area contributed by atoms with Gasteiger partial charge in [-0.15, -0.1) is 0 Å². The second-order valence-corrected chi connectivity index (χ2v) is 14.5. The predicted octanol–water partition coefficient (Wildman–Crippen LogP) is 5.75. The number of ether oxygens (including phenoxy) is 3. The molecule has 3 aliphatic heterocycles. The van der Waals surface area contributed by atoms with Crippen molar-refractivity contribution in [2.45, 2.75) is 80.6 Å². The summed E-state index contributed by atoms with van der Waals surface area (Å²) in [5.74, 6) is -1.57. The predicted molar refractivity (Wildman–Crippen MR) is 183 cm³/mol. The number of likely N-dealkylation sites (tertiary alicyclic amines) is 2. The van der Waals surface area contributed by atoms with E-state index in [0.29, 0.717) is 62.8 Å². The van der Waals surface area contributed by atoms with Crippen LogP contribution in [0.5, 0.6) is 5.75 Å². The second kappa shape index (κ2) is 14.9. The van der Waals surface area contributed by atoms with Gasteiger partial charge in [0.25, 0.3) is 5.91 Å². The Bertz CT molecular complexity index is 1430. The fraction of sp³-hybridized carbons (Fsp3) is 0.622. The Morgan fingerprint density at radius 3 is 2.31 bits per heavy atom. The topological polar surface area (TPSA) is 91.8 Å². The minimum absolute atomic E-state index is 0.0520. The maximum atomic E-state index is 17.9. The normalized spacial score (nSPS) is 30.1. The molecule has 0 spiro atoms. The van der Waals surface area contributed by atoms with Gasteiger partial charge < -0.3 is 29.1 Å². The van der Waals surface area contributed by atoms with Crippen LogP contribution in [0.25, 0.3) is 0 Å². The molecule has 0 bridgehead atoms. The van der Waals surface area contributed by atoms with E-state index in [0.717, 1.165) is 42.5 Å². The summed E-state index contributed by atoms with van der Waals surface area (Å²) in [5, 5.41) is 10.1. The van der Waals surface area contributed by atoms with Crippen LogP contribution in [0.1, 0.15) is 67.9 Å². The molecule has 1 saturated carbocycles. The summed E-state index contributed by atoms with van der Waals surface area (Å²) in [4.78, 5) is 32.5. The number of carboxylic acids is 1. The van der Waals surface area contributed by atoms with Crippen molar-refractivity contribution in [1.82, 2.24) is 9.80 Å². The number of rotatable bonds is 10. The first-order valence-electron chi connectivity index (χ1n) is 17.3. The Morgan fingerprint density at radius 2 is 1.69 bits per heavy atom. The smallest absolute Gasteiger partial charge is 0.306 e. The zero-order valence-corrected chi connectivity index (χ0v) is 29.0. The number of hydrogen-bond donors (Lipinski definition) is 1. The lowest BCUT2D eigenvalue weighted by atomic mass is 9.85. The van der Waals surface area contributed by atoms with Crippen LogP contribution < -0.4 is 9.64 Å². The van der Waals surface area contributed by atoms with E-state index in [1.165, 1.54) is 0 Å². The maximum Gasteiger partial charge on any atom is 0.306 e. The molecule has 0 unspecified atom stereocenters. The number of carbonyl (C=O) groups is 2. The van der Waals surface area contributed by atoms with Gasteiger partial charge in [0.15, 0.2) is 0 Å². The van der Waals surface area contributed by atoms with Crippen LogP contribution in [0.4, 0.5) is 10.1 Å². The molecule has 2 aromatic rings. The zero-order chi connectivity index (χ0) is 34.0. The number of aliphatic carboxylic acids is 1. The highest BCUT2D eigenvalue weighted by atomic mass is 35.5. The number of benzene rings is 2. The highest BCUT2D eigenvalue weighted by Gasteiger charge is 2.58. The molecule has 4 aliphatic rings. The fourth-order valence-corrected chi connectivity index (χ4v) is 8.85. The molecule has 1 aliphatic carbocycles. The average Bonchev–Trinajstić information content (AvgIpc) is 3.70. The van der Waals surface area contributed by atoms with Crippen molar-refractivity contribution in [2.24, 2.45) is 5.92 Å². The quantitative estimate of drug-likeness (QED) is 0.339. The Balaban J connectivity index is 1.27. The number of nitrogens with zero attached hydrogens (tertiary/aromatic N) is 3. The molecule has 48 heavy (non-hydrogen) atoms. The van der Waals surface area contributed by atoms with Crippen molar-refractivity contribution in [3.05, 3.63) is 58.6 Å². The van der Waals surface area contributed by atoms with Gasteiger partial charge in [0.05, 0.1) is 31.8 Å². The van der Waals surface area contributed by atoms with Gasteiger partial charge in [0.1, 0.15) is 5.75 Å². The number of amides is 1. The largest absolute Gasteiger partial charge is 0.497 e. The van der Waals surface area contributed by atoms with Crippen molar-refractivity contribution in [3.8, 4) is 5.75 Å². The van der Waals surface area contributed by atoms with Gasteiger partial charge in [-0.3, -0.25) is 14.5 Å². The third kappa shape index (κ3) is 7.04. The number of carbonyl (C=O) groups excluding carboxylic acids is 1. The second-order valence-electron chi connectivity index (χ2n) is 14.1. The number of carboxylic acid groups (broad SMARTS) is 1. The molecular formula is C37H49ClFN3O6. The number of hydrogen-bond acceptors (Lipinski definition) is 7. The number of halogens is 2. The van der Waals surface area contributed by atoms with Crippen LogP contribution >= 0.6 is 11.6 Å². The van der Waals surface area contributed by atoms with Crippen LogP contribution in [0, 0.1) is 5.92 Å². The van der Waals surface area contributed by atoms with Gasteiger partial charge >= 0.3 is 5.97 Å². The molecule has 2 aromatic carbocycles. The van der Waals surface area contributed by atoms with Crippen LogP contribution in [0.15, 0.2) is 42.5 Å². The van der Waals surface area contributed by atoms with Crippen molar-refractivity contribution < 1.29 is 33.3 Å². The third-order valence-corrected chi connectivity index (χ3v) is 11.7. The van der Waals surface area contributed by atoms with Crippen LogP contribution in [0.2, 0.25) is 5.02 Å². The first-order valence-corrected chi connectivity index (χ1v) is 17.7. The molecule has 9 nitrogen and oxygen atoms in total. The Morgan fingerprint density at radius 1 is 0.979 bits per heavy atom. The van der Waals surface area contributed by atoms with Crippen LogP contribution in [-0.2, 0) is 19.1 Å². The lowest BCUT2D eigenvalue weighted by molar-refractivity contribution is -0.146. The van der Waals surface area contributed by atoms with Crippen LogP contribution in [-0.4, -0.2) is 111 Å². The molecule has 262 valence electrons. The van der Waals surface area contributed by atoms with Gasteiger partial charge in [0.2, 0.25) is 5.67 Å². The van der Waals surface area contributed by atoms with E-state index in [2.05, 4.69) is 9.80 Å². The summed E-state index contributed by atoms with van der Waals surface area (Å²) in [6.45, 7) is 2.42. The SMILES string of the molecule is COC[C@@H]1C[C@@H](c2ccc(Cl)cc2N2CCC(C(=O)O)CC2)CN1C(=O)[C@]1(F)CN([C@H]2CC[C@H](OC)CC2)C[C@H]1c1ccc(OC)cc1. The van der Waals surface area contributed by atoms with E-state index in [1.807, 2.05) is 42.5 Å². The molecule has 0 radical (unpaired) electrons. The van der Waals surface area contributed by atoms with Crippen molar-refractivity contribution >= 4 is 29.2 Å². The molecule has 6 rings (SSSR count). The summed E-state index contributed by atoms with van der Waals surface area (Å²) < 4.78 is 34.5. The molecule has 3 saturated heterocycles. The van der Waals surface area contributed by atoms with E-state index in [1.54, 1.807) is 26.2 Å². The monoisotopic (exact) mass is 685 g/mol. The summed E-state index contributed by atoms with van der Waals surface area (Å²) >= 11 is 6.50. The van der Waals surface area contributed by atoms with Crippen molar-refractivity contribution in [2.75, 3.05) is 65.6 Å². The Hall–Kier alpha value is -2.92. The molecular weight excluding hydrogens is 637 g/mol. The van der Waals surface area contributed by atoms with E-state index >= 15 is 4.39 Å². The maximum absolute atomic E-state index is 17.9. The lowest BCUT2D eigenvalue weighted by Crippen LogP contribution is -2.53. The average molecular weight is 686 g/mol. The summed E-state index contributed by atoms with van der Waals surface area (Å²) in [6.07, 6.45) is 5.67. The molecule has 3 heterocycles. The summed E-state index contributed by atoms with van der Waals surface area (Å²) in [7, 11) is 4.98. The number of alkyl halides is 1. The summed E-state index contributed by atoms with van der Waals surface area (Å²) in [6, 6.07) is 13.2. The molecule has 1 amide bonds. The molecule has 4 fully saturated rings. The first-order chi connectivity index (χ1) is 23.1. The molecule has 4 atom stereocenters. The summed E-state index contributed by atoms with van der Waals surface area (Å²) in [5.41, 5.74) is 0.692. The molecule has 1 N–H and O–H groups in total. The van der Waals surface area contributed by atoms with Gasteiger partial charge in [-0.05, 0) is 80.3 Å². The Labute approximate surface area is 288 Å². The van der Waals surface area contributed by atoms with E-state index in [4.69, 9.17) is 25.8 Å². The van der Waals surface area contributed by atoms with Gasteiger partial charge in [0, 0.05) is 75.5 Å². The number of anilines is 1. The number of methoxy groups -OCH3 is 3. The molecule has 0 aromatic heterocycles. The van der Waals surface area contributed by atoms with Gasteiger partial charge in [-0.25, -0.2) is 4.39 Å². The standard InChI is InChI=1S/C37H49ClFN3O6/c1-46-22-29-18-26(32-13-6-27(38)19-34(32)40-16-14-25(15-17-40)35(43)44)20-42(29)36(45)37(39)23-41(28-7-11-31(48-3)12-8-28)21-33(37)24-4-9-30(47-2)10-5-24/h4-6,9-10,13,19,25-26,28-29,31,33H,7-8,11-12,14-18,20-23H2,1-3H3,(H,43,44)/t26-,28-,29+,31-,33+,37+/m1/s1. The van der Waals surface area contributed by atoms with Crippen molar-refractivity contribution in [3.63, 3.8) is 0 Å². The van der Waals surface area contributed by atoms with E-state index in [9.17, 15) is 14.7 Å². The minimum Gasteiger partial charge on any atom is -0.497 e. The zero-order valence-electron chi connectivity index (χ0n) is 28.3. The third-order valence-electron chi connectivity index (χ3n) is 11.4. The van der Waals surface area contributed by atoms with E-state index in [-0.39, 0.29) is 36.6 Å². The van der Waals surface area contributed by atoms with E-state index < -0.39 is 23.5 Å². The van der Waals surface area contributed by atoms with Gasteiger partial charge in [-0.2, -0.15) is 0 Å². The van der Waals surface area contributed by atoms with Crippen LogP contribution in [0.3, 0.4) is 0 Å². The minimum atomic E-state index is -2.12. The highest BCUT2D eigenvalue weighted by molar-refractivity contribution is 6.30. The lowest BCUT2D eigenvalue weighted by Gasteiger charge is -2.35. The number of piperidine rings is 1. The Kier molecular flexibility index (Phi) is 10.8. The fourth-order valence-electron chi connectivity index (χ4n) is 8.68. The van der Waals surface area contributed by atoms with Crippen molar-refractivity contribution in [1.29, 1.82) is 0 Å². The van der Waals surface area contributed by atoms with Gasteiger partial charge in [-0.1, -0.05) is 29.8 Å². The highest BCUT2D eigenvalue weighted by Crippen LogP contribution is 2.46. The molecule has 11 heteroatoms.